The molecule has 154 valence electrons. The Labute approximate surface area is 171 Å². The van der Waals surface area contributed by atoms with Crippen LogP contribution >= 0.6 is 11.8 Å². The van der Waals surface area contributed by atoms with Gasteiger partial charge in [-0.25, -0.2) is 9.78 Å². The third-order valence-corrected chi connectivity index (χ3v) is 5.89. The van der Waals surface area contributed by atoms with Gasteiger partial charge in [0.15, 0.2) is 22.7 Å². The minimum Gasteiger partial charge on any atom is -0.486 e. The van der Waals surface area contributed by atoms with Crippen LogP contribution in [0.3, 0.4) is 0 Å². The van der Waals surface area contributed by atoms with Gasteiger partial charge in [0, 0.05) is 18.0 Å². The second-order valence-electron chi connectivity index (χ2n) is 6.80. The van der Waals surface area contributed by atoms with E-state index in [9.17, 15) is 9.59 Å². The average Bonchev–Trinajstić information content (AvgIpc) is 3.11. The van der Waals surface area contributed by atoms with E-state index in [4.69, 9.17) is 9.47 Å². The SMILES string of the molecule is CCCCn1c(=O)[nH]c(=O)c2c1nc(CSc1ccc3c(c1)OCCO3)n2CC. The molecule has 1 aliphatic rings. The summed E-state index contributed by atoms with van der Waals surface area (Å²) < 4.78 is 14.7. The smallest absolute Gasteiger partial charge is 0.330 e. The van der Waals surface area contributed by atoms with E-state index in [0.29, 0.717) is 43.2 Å². The summed E-state index contributed by atoms with van der Waals surface area (Å²) in [7, 11) is 0. The molecule has 3 heterocycles. The first kappa shape index (κ1) is 19.6. The van der Waals surface area contributed by atoms with Gasteiger partial charge in [-0.3, -0.25) is 14.3 Å². The fourth-order valence-electron chi connectivity index (χ4n) is 3.45. The number of aryl methyl sites for hydroxylation is 2. The number of nitrogens with one attached hydrogen (secondary N) is 1. The van der Waals surface area contributed by atoms with Crippen molar-refractivity contribution in [2.24, 2.45) is 0 Å². The third-order valence-electron chi connectivity index (χ3n) is 4.90. The Kier molecular flexibility index (Phi) is 5.66. The van der Waals surface area contributed by atoms with Crippen LogP contribution in [0.15, 0.2) is 32.7 Å². The average molecular weight is 417 g/mol. The maximum absolute atomic E-state index is 12.5. The third kappa shape index (κ3) is 3.78. The topological polar surface area (TPSA) is 91.1 Å². The zero-order chi connectivity index (χ0) is 20.4. The number of aromatic amines is 1. The van der Waals surface area contributed by atoms with Crippen molar-refractivity contribution >= 4 is 22.9 Å². The highest BCUT2D eigenvalue weighted by atomic mass is 32.2. The van der Waals surface area contributed by atoms with E-state index in [0.717, 1.165) is 35.1 Å². The minimum atomic E-state index is -0.400. The molecule has 2 aromatic heterocycles. The number of unbranched alkanes of at least 4 members (excludes halogenated alkanes) is 1. The van der Waals surface area contributed by atoms with Crippen LogP contribution in [0.2, 0.25) is 0 Å². The van der Waals surface area contributed by atoms with E-state index in [-0.39, 0.29) is 5.56 Å². The Hall–Kier alpha value is -2.68. The van der Waals surface area contributed by atoms with Crippen LogP contribution in [0.4, 0.5) is 0 Å². The number of thioether (sulfide) groups is 1. The molecule has 0 radical (unpaired) electrons. The summed E-state index contributed by atoms with van der Waals surface area (Å²) in [6.45, 7) is 6.29. The Balaban J connectivity index is 1.67. The fraction of sp³-hybridized carbons (Fsp3) is 0.450. The number of benzene rings is 1. The first-order valence-corrected chi connectivity index (χ1v) is 10.9. The molecule has 0 bridgehead atoms. The van der Waals surface area contributed by atoms with E-state index < -0.39 is 5.69 Å². The number of nitrogens with zero attached hydrogens (tertiary/aromatic N) is 3. The Bertz CT molecular complexity index is 1150. The van der Waals surface area contributed by atoms with Crippen molar-refractivity contribution in [2.75, 3.05) is 13.2 Å². The molecule has 0 saturated carbocycles. The molecule has 0 unspecified atom stereocenters. The molecule has 3 aromatic rings. The Morgan fingerprint density at radius 3 is 2.69 bits per heavy atom. The van der Waals surface area contributed by atoms with Crippen LogP contribution in [0, 0.1) is 0 Å². The molecule has 4 rings (SSSR count). The van der Waals surface area contributed by atoms with Crippen molar-refractivity contribution in [2.45, 2.75) is 50.4 Å². The number of fused-ring (bicyclic) bond motifs is 2. The van der Waals surface area contributed by atoms with Crippen LogP contribution in [-0.4, -0.2) is 32.3 Å². The van der Waals surface area contributed by atoms with Crippen molar-refractivity contribution in [1.82, 2.24) is 19.1 Å². The quantitative estimate of drug-likeness (QED) is 0.596. The van der Waals surface area contributed by atoms with Gasteiger partial charge in [0.25, 0.3) is 5.56 Å². The molecule has 1 N–H and O–H groups in total. The van der Waals surface area contributed by atoms with E-state index >= 15 is 0 Å². The van der Waals surface area contributed by atoms with E-state index in [1.54, 1.807) is 16.3 Å². The molecular weight excluding hydrogens is 392 g/mol. The molecule has 0 spiro atoms. The van der Waals surface area contributed by atoms with Crippen molar-refractivity contribution in [1.29, 1.82) is 0 Å². The van der Waals surface area contributed by atoms with Crippen LogP contribution in [-0.2, 0) is 18.8 Å². The molecule has 29 heavy (non-hydrogen) atoms. The Morgan fingerprint density at radius 1 is 1.14 bits per heavy atom. The summed E-state index contributed by atoms with van der Waals surface area (Å²) in [5.74, 6) is 2.84. The summed E-state index contributed by atoms with van der Waals surface area (Å²) in [5, 5.41) is 0. The highest BCUT2D eigenvalue weighted by Gasteiger charge is 2.18. The van der Waals surface area contributed by atoms with Crippen LogP contribution in [0.25, 0.3) is 11.2 Å². The highest BCUT2D eigenvalue weighted by molar-refractivity contribution is 7.98. The van der Waals surface area contributed by atoms with E-state index in [2.05, 4.69) is 16.9 Å². The molecule has 9 heteroatoms. The number of aromatic nitrogens is 4. The van der Waals surface area contributed by atoms with Gasteiger partial charge in [0.1, 0.15) is 19.0 Å². The molecular formula is C20H24N4O4S. The number of ether oxygens (including phenoxy) is 2. The van der Waals surface area contributed by atoms with Gasteiger partial charge < -0.3 is 14.0 Å². The molecule has 0 aliphatic carbocycles. The maximum Gasteiger partial charge on any atom is 0.330 e. The summed E-state index contributed by atoms with van der Waals surface area (Å²) in [5.41, 5.74) is 0.137. The van der Waals surface area contributed by atoms with Gasteiger partial charge in [-0.1, -0.05) is 13.3 Å². The lowest BCUT2D eigenvalue weighted by Crippen LogP contribution is -2.31. The first-order valence-electron chi connectivity index (χ1n) is 9.87. The minimum absolute atomic E-state index is 0.386. The van der Waals surface area contributed by atoms with E-state index in [1.165, 1.54) is 0 Å². The number of hydrogen-bond acceptors (Lipinski definition) is 6. The van der Waals surface area contributed by atoms with Crippen molar-refractivity contribution < 1.29 is 9.47 Å². The summed E-state index contributed by atoms with van der Waals surface area (Å²) in [6.07, 6.45) is 1.80. The lowest BCUT2D eigenvalue weighted by Gasteiger charge is -2.18. The van der Waals surface area contributed by atoms with E-state index in [1.807, 2.05) is 29.7 Å². The Morgan fingerprint density at radius 2 is 1.93 bits per heavy atom. The number of rotatable bonds is 7. The monoisotopic (exact) mass is 416 g/mol. The number of hydrogen-bond donors (Lipinski definition) is 1. The number of imidazole rings is 1. The summed E-state index contributed by atoms with van der Waals surface area (Å²) in [4.78, 5) is 33.0. The zero-order valence-corrected chi connectivity index (χ0v) is 17.4. The zero-order valence-electron chi connectivity index (χ0n) is 16.6. The van der Waals surface area contributed by atoms with Crippen LogP contribution in [0.5, 0.6) is 11.5 Å². The lowest BCUT2D eigenvalue weighted by molar-refractivity contribution is 0.171. The second kappa shape index (κ2) is 8.36. The standard InChI is InChI=1S/C20H24N4O4S/c1-3-5-8-24-18-17(19(25)22-20(24)26)23(4-2)16(21-18)12-29-13-6-7-14-15(11-13)28-10-9-27-14/h6-7,11H,3-5,8-10,12H2,1-2H3,(H,22,25,26). The van der Waals surface area contributed by atoms with Crippen molar-refractivity contribution in [3.8, 4) is 11.5 Å². The molecule has 0 saturated heterocycles. The van der Waals surface area contributed by atoms with Gasteiger partial charge in [-0.15, -0.1) is 11.8 Å². The molecule has 0 amide bonds. The number of H-pyrrole nitrogens is 1. The van der Waals surface area contributed by atoms with Crippen molar-refractivity contribution in [3.63, 3.8) is 0 Å². The van der Waals surface area contributed by atoms with Gasteiger partial charge in [0.05, 0.1) is 5.75 Å². The first-order chi connectivity index (χ1) is 14.1. The van der Waals surface area contributed by atoms with Crippen LogP contribution < -0.4 is 20.7 Å². The second-order valence-corrected chi connectivity index (χ2v) is 7.85. The molecule has 1 aromatic carbocycles. The normalized spacial score (nSPS) is 13.2. The van der Waals surface area contributed by atoms with Gasteiger partial charge >= 0.3 is 5.69 Å². The van der Waals surface area contributed by atoms with Gasteiger partial charge in [0.2, 0.25) is 0 Å². The maximum atomic E-state index is 12.5. The molecule has 1 aliphatic heterocycles. The summed E-state index contributed by atoms with van der Waals surface area (Å²) in [6, 6.07) is 5.86. The summed E-state index contributed by atoms with van der Waals surface area (Å²) >= 11 is 1.61. The fourth-order valence-corrected chi connectivity index (χ4v) is 4.32. The predicted octanol–water partition coefficient (Wildman–Crippen LogP) is 2.77. The predicted molar refractivity (Wildman–Crippen MR) is 112 cm³/mol. The lowest BCUT2D eigenvalue weighted by atomic mass is 10.3. The molecule has 0 fully saturated rings. The molecule has 8 nitrogen and oxygen atoms in total. The highest BCUT2D eigenvalue weighted by Crippen LogP contribution is 2.35. The largest absolute Gasteiger partial charge is 0.486 e. The van der Waals surface area contributed by atoms with Crippen LogP contribution in [0.1, 0.15) is 32.5 Å². The van der Waals surface area contributed by atoms with Crippen molar-refractivity contribution in [3.05, 3.63) is 44.9 Å². The molecule has 0 atom stereocenters. The van der Waals surface area contributed by atoms with Gasteiger partial charge in [-0.05, 0) is 31.5 Å². The van der Waals surface area contributed by atoms with Gasteiger partial charge in [-0.2, -0.15) is 0 Å².